The van der Waals surface area contributed by atoms with Crippen LogP contribution in [0.25, 0.3) is 5.69 Å². The highest BCUT2D eigenvalue weighted by Crippen LogP contribution is 2.28. The topological polar surface area (TPSA) is 97.1 Å². The zero-order chi connectivity index (χ0) is 18.7. The van der Waals surface area contributed by atoms with Crippen molar-refractivity contribution in [1.29, 1.82) is 0 Å². The Morgan fingerprint density at radius 2 is 1.92 bits per heavy atom. The average molecular weight is 393 g/mol. The van der Waals surface area contributed by atoms with E-state index >= 15 is 0 Å². The van der Waals surface area contributed by atoms with Gasteiger partial charge in [0.15, 0.2) is 0 Å². The first-order valence-electron chi connectivity index (χ1n) is 6.90. The van der Waals surface area contributed by atoms with E-state index in [1.54, 1.807) is 18.2 Å². The Balaban J connectivity index is 2.30. The lowest BCUT2D eigenvalue weighted by molar-refractivity contribution is -0.140. The first kappa shape index (κ1) is 19.1. The summed E-state index contributed by atoms with van der Waals surface area (Å²) in [6.45, 7) is 1.53. The van der Waals surface area contributed by atoms with Gasteiger partial charge in [0.05, 0.1) is 10.0 Å². The number of carboxylic acid groups (broad SMARTS) is 1. The maximum atomic E-state index is 12.4. The highest BCUT2D eigenvalue weighted by molar-refractivity contribution is 6.37. The summed E-state index contributed by atoms with van der Waals surface area (Å²) in [6, 6.07) is 2.98. The monoisotopic (exact) mass is 392 g/mol. The molecule has 25 heavy (non-hydrogen) atoms. The fourth-order valence-electron chi connectivity index (χ4n) is 2.01. The number of halogens is 4. The summed E-state index contributed by atoms with van der Waals surface area (Å²) in [5.74, 6) is -2.73. The van der Waals surface area contributed by atoms with Gasteiger partial charge in [-0.25, -0.2) is 23.2 Å². The molecule has 2 aromatic rings. The summed E-state index contributed by atoms with van der Waals surface area (Å²) in [7, 11) is 0. The van der Waals surface area contributed by atoms with Crippen molar-refractivity contribution in [2.24, 2.45) is 0 Å². The van der Waals surface area contributed by atoms with Crippen LogP contribution in [0, 0.1) is 6.92 Å². The lowest BCUT2D eigenvalue weighted by Crippen LogP contribution is -2.42. The molecule has 1 heterocycles. The number of amides is 1. The molecular weight excluding hydrogens is 381 g/mol. The molecule has 0 saturated heterocycles. The first-order chi connectivity index (χ1) is 11.7. The molecule has 0 fully saturated rings. The SMILES string of the molecule is Cc1nc(C(=O)NC(CC(F)F)C(=O)O)nn1-c1c(Cl)cccc1Cl. The average Bonchev–Trinajstić information content (AvgIpc) is 2.88. The third-order valence-corrected chi connectivity index (χ3v) is 3.75. The van der Waals surface area contributed by atoms with E-state index in [1.165, 1.54) is 11.6 Å². The third-order valence-electron chi connectivity index (χ3n) is 3.14. The van der Waals surface area contributed by atoms with Crippen LogP contribution < -0.4 is 5.32 Å². The lowest BCUT2D eigenvalue weighted by atomic mass is 10.2. The van der Waals surface area contributed by atoms with E-state index in [2.05, 4.69) is 10.1 Å². The predicted molar refractivity (Wildman–Crippen MR) is 85.6 cm³/mol. The molecule has 1 aromatic heterocycles. The van der Waals surface area contributed by atoms with Crippen LogP contribution in [0.3, 0.4) is 0 Å². The molecule has 0 aliphatic heterocycles. The van der Waals surface area contributed by atoms with Gasteiger partial charge >= 0.3 is 5.97 Å². The second-order valence-electron chi connectivity index (χ2n) is 4.96. The number of para-hydroxylation sites is 1. The number of nitrogens with zero attached hydrogens (tertiary/aromatic N) is 3. The number of alkyl halides is 2. The van der Waals surface area contributed by atoms with Gasteiger partial charge in [-0.1, -0.05) is 29.3 Å². The standard InChI is InChI=1S/C14H12Cl2F2N4O3/c1-6-19-12(13(23)20-9(14(24)25)5-10(17)18)21-22(6)11-7(15)3-2-4-8(11)16/h2-4,9-10H,5H2,1H3,(H,20,23)(H,24,25). The molecular formula is C14H12Cl2F2N4O3. The second kappa shape index (κ2) is 7.75. The van der Waals surface area contributed by atoms with Gasteiger partial charge in [0.25, 0.3) is 5.91 Å². The molecule has 1 atom stereocenters. The summed E-state index contributed by atoms with van der Waals surface area (Å²) in [5, 5.41) is 15.3. The highest BCUT2D eigenvalue weighted by atomic mass is 35.5. The molecule has 11 heteroatoms. The number of rotatable bonds is 6. The van der Waals surface area contributed by atoms with Gasteiger partial charge in [-0.15, -0.1) is 5.10 Å². The molecule has 2 N–H and O–H groups in total. The minimum absolute atomic E-state index is 0.251. The van der Waals surface area contributed by atoms with Crippen LogP contribution >= 0.6 is 23.2 Å². The van der Waals surface area contributed by atoms with Crippen LogP contribution in [0.4, 0.5) is 8.78 Å². The second-order valence-corrected chi connectivity index (χ2v) is 5.77. The number of aliphatic carboxylic acids is 1. The number of hydrogen-bond acceptors (Lipinski definition) is 4. The smallest absolute Gasteiger partial charge is 0.326 e. The number of carbonyl (C=O) groups excluding carboxylic acids is 1. The van der Waals surface area contributed by atoms with Crippen molar-refractivity contribution in [3.05, 3.63) is 39.9 Å². The Morgan fingerprint density at radius 1 is 1.32 bits per heavy atom. The quantitative estimate of drug-likeness (QED) is 0.787. The summed E-state index contributed by atoms with van der Waals surface area (Å²) in [4.78, 5) is 26.9. The van der Waals surface area contributed by atoms with E-state index in [0.29, 0.717) is 0 Å². The van der Waals surface area contributed by atoms with Crippen molar-refractivity contribution in [3.63, 3.8) is 0 Å². The van der Waals surface area contributed by atoms with Gasteiger partial charge in [-0.3, -0.25) is 4.79 Å². The van der Waals surface area contributed by atoms with Gasteiger partial charge in [0.1, 0.15) is 17.6 Å². The summed E-state index contributed by atoms with van der Waals surface area (Å²) >= 11 is 12.1. The van der Waals surface area contributed by atoms with Crippen LogP contribution in [-0.4, -0.2) is 44.2 Å². The van der Waals surface area contributed by atoms with E-state index in [-0.39, 0.29) is 21.6 Å². The molecule has 1 aromatic carbocycles. The van der Waals surface area contributed by atoms with E-state index in [4.69, 9.17) is 28.3 Å². The van der Waals surface area contributed by atoms with E-state index in [9.17, 15) is 18.4 Å². The van der Waals surface area contributed by atoms with Gasteiger partial charge in [0.2, 0.25) is 12.2 Å². The Hall–Kier alpha value is -2.26. The fourth-order valence-corrected chi connectivity index (χ4v) is 2.57. The van der Waals surface area contributed by atoms with Crippen molar-refractivity contribution < 1.29 is 23.5 Å². The first-order valence-corrected chi connectivity index (χ1v) is 7.66. The molecule has 0 aliphatic rings. The minimum atomic E-state index is -2.89. The number of aryl methyl sites for hydroxylation is 1. The number of carboxylic acids is 1. The molecule has 1 amide bonds. The van der Waals surface area contributed by atoms with Crippen molar-refractivity contribution in [2.75, 3.05) is 0 Å². The molecule has 0 spiro atoms. The Bertz CT molecular complexity index is 793. The van der Waals surface area contributed by atoms with Gasteiger partial charge in [0, 0.05) is 6.42 Å². The molecule has 0 aliphatic carbocycles. The van der Waals surface area contributed by atoms with E-state index in [0.717, 1.165) is 0 Å². The normalized spacial score (nSPS) is 12.2. The highest BCUT2D eigenvalue weighted by Gasteiger charge is 2.27. The molecule has 0 radical (unpaired) electrons. The number of nitrogens with one attached hydrogen (secondary N) is 1. The van der Waals surface area contributed by atoms with Crippen molar-refractivity contribution >= 4 is 35.1 Å². The van der Waals surface area contributed by atoms with Crippen molar-refractivity contribution in [2.45, 2.75) is 25.8 Å². The summed E-state index contributed by atoms with van der Waals surface area (Å²) in [6.07, 6.45) is -3.92. The maximum Gasteiger partial charge on any atom is 0.326 e. The van der Waals surface area contributed by atoms with E-state index in [1.807, 2.05) is 5.32 Å². The minimum Gasteiger partial charge on any atom is -0.480 e. The number of hydrogen-bond donors (Lipinski definition) is 2. The number of carbonyl (C=O) groups is 2. The summed E-state index contributed by atoms with van der Waals surface area (Å²) < 4.78 is 26.0. The molecule has 2 rings (SSSR count). The van der Waals surface area contributed by atoms with Crippen molar-refractivity contribution in [1.82, 2.24) is 20.1 Å². The van der Waals surface area contributed by atoms with E-state index < -0.39 is 36.6 Å². The number of benzene rings is 1. The van der Waals surface area contributed by atoms with Crippen LogP contribution in [-0.2, 0) is 4.79 Å². The van der Waals surface area contributed by atoms with Crippen LogP contribution in [0.2, 0.25) is 10.0 Å². The Kier molecular flexibility index (Phi) is 5.91. The molecule has 134 valence electrons. The van der Waals surface area contributed by atoms with Crippen LogP contribution in [0.1, 0.15) is 22.9 Å². The third kappa shape index (κ3) is 4.43. The van der Waals surface area contributed by atoms with Gasteiger partial charge in [-0.05, 0) is 19.1 Å². The number of aromatic nitrogens is 3. The summed E-state index contributed by atoms with van der Waals surface area (Å²) in [5.41, 5.74) is 0.289. The van der Waals surface area contributed by atoms with Gasteiger partial charge in [-0.2, -0.15) is 0 Å². The fraction of sp³-hybridized carbons (Fsp3) is 0.286. The van der Waals surface area contributed by atoms with Crippen LogP contribution in [0.15, 0.2) is 18.2 Å². The maximum absolute atomic E-state index is 12.4. The zero-order valence-corrected chi connectivity index (χ0v) is 14.2. The van der Waals surface area contributed by atoms with Gasteiger partial charge < -0.3 is 10.4 Å². The molecule has 0 saturated carbocycles. The predicted octanol–water partition coefficient (Wildman–Crippen LogP) is 2.72. The molecule has 0 bridgehead atoms. The Morgan fingerprint density at radius 3 is 2.44 bits per heavy atom. The zero-order valence-electron chi connectivity index (χ0n) is 12.7. The molecule has 1 unspecified atom stereocenters. The Labute approximate surface area is 150 Å². The molecule has 7 nitrogen and oxygen atoms in total. The van der Waals surface area contributed by atoms with Crippen LogP contribution in [0.5, 0.6) is 0 Å². The van der Waals surface area contributed by atoms with Crippen molar-refractivity contribution in [3.8, 4) is 5.69 Å². The largest absolute Gasteiger partial charge is 0.480 e. The lowest BCUT2D eigenvalue weighted by Gasteiger charge is -2.12.